The molecule has 120 valence electrons. The molecule has 4 rings (SSSR count). The molecule has 2 aliphatic heterocycles. The zero-order valence-corrected chi connectivity index (χ0v) is 14.6. The van der Waals surface area contributed by atoms with E-state index in [1.807, 2.05) is 13.0 Å². The van der Waals surface area contributed by atoms with Crippen LogP contribution in [0.5, 0.6) is 5.75 Å². The second-order valence-corrected chi connectivity index (χ2v) is 7.53. The summed E-state index contributed by atoms with van der Waals surface area (Å²) in [6.07, 6.45) is 6.29. The Morgan fingerprint density at radius 1 is 1.13 bits per heavy atom. The van der Waals surface area contributed by atoms with Crippen molar-refractivity contribution in [2.45, 2.75) is 43.7 Å². The normalized spacial score (nSPS) is 25.4. The van der Waals surface area contributed by atoms with E-state index in [4.69, 9.17) is 4.74 Å². The van der Waals surface area contributed by atoms with Gasteiger partial charge in [-0.3, -0.25) is 4.90 Å². The van der Waals surface area contributed by atoms with Crippen molar-refractivity contribution in [2.75, 3.05) is 7.05 Å². The largest absolute Gasteiger partial charge is 0.480 e. The highest BCUT2D eigenvalue weighted by Gasteiger charge is 2.33. The molecule has 3 atom stereocenters. The Balaban J connectivity index is 1.66. The molecule has 0 spiro atoms. The van der Waals surface area contributed by atoms with E-state index in [1.54, 1.807) is 0 Å². The van der Waals surface area contributed by atoms with Crippen LogP contribution in [-0.4, -0.2) is 29.5 Å². The van der Waals surface area contributed by atoms with Crippen LogP contribution in [0.15, 0.2) is 42.5 Å². The molecule has 0 amide bonds. The van der Waals surface area contributed by atoms with Gasteiger partial charge in [-0.05, 0) is 73.3 Å². The molecule has 3 unspecified atom stereocenters. The molecule has 1 fully saturated rings. The van der Waals surface area contributed by atoms with Crippen LogP contribution < -0.4 is 4.74 Å². The average Bonchev–Trinajstić information content (AvgIpc) is 2.75. The van der Waals surface area contributed by atoms with Gasteiger partial charge in [0.15, 0.2) is 0 Å². The first-order valence-electron chi connectivity index (χ1n) is 8.42. The van der Waals surface area contributed by atoms with Gasteiger partial charge in [-0.25, -0.2) is 0 Å². The average molecular weight is 325 g/mol. The number of hydrogen-bond acceptors (Lipinski definition) is 3. The van der Waals surface area contributed by atoms with E-state index in [1.165, 1.54) is 41.2 Å². The van der Waals surface area contributed by atoms with Crippen LogP contribution in [0.25, 0.3) is 16.3 Å². The maximum atomic E-state index is 5.66. The summed E-state index contributed by atoms with van der Waals surface area (Å²) in [6, 6.07) is 14.4. The maximum Gasteiger partial charge on any atom is 0.138 e. The van der Waals surface area contributed by atoms with Crippen molar-refractivity contribution in [3.8, 4) is 5.75 Å². The molecule has 2 aliphatic rings. The van der Waals surface area contributed by atoms with Crippen molar-refractivity contribution in [3.05, 3.63) is 48.0 Å². The Kier molecular flexibility index (Phi) is 3.86. The molecule has 2 heterocycles. The summed E-state index contributed by atoms with van der Waals surface area (Å²) in [5.41, 5.74) is 2.80. The number of thiol groups is 1. The van der Waals surface area contributed by atoms with E-state index < -0.39 is 0 Å². The van der Waals surface area contributed by atoms with E-state index >= 15 is 0 Å². The molecule has 2 aromatic rings. The molecule has 0 saturated carbocycles. The van der Waals surface area contributed by atoms with E-state index in [0.717, 1.165) is 11.8 Å². The summed E-state index contributed by atoms with van der Waals surface area (Å²) in [5.74, 6) is 0.879. The number of nitrogens with zero attached hydrogens (tertiary/aromatic N) is 1. The first-order valence-corrected chi connectivity index (χ1v) is 8.93. The Bertz CT molecular complexity index is 767. The minimum absolute atomic E-state index is 0.0911. The highest BCUT2D eigenvalue weighted by atomic mass is 32.1. The predicted molar refractivity (Wildman–Crippen MR) is 100 cm³/mol. The summed E-state index contributed by atoms with van der Waals surface area (Å²) in [5, 5.41) is 2.49. The Labute approximate surface area is 143 Å². The van der Waals surface area contributed by atoms with Gasteiger partial charge in [0.05, 0.1) is 0 Å². The fourth-order valence-corrected chi connectivity index (χ4v) is 4.07. The van der Waals surface area contributed by atoms with Crippen molar-refractivity contribution < 1.29 is 4.74 Å². The topological polar surface area (TPSA) is 12.5 Å². The summed E-state index contributed by atoms with van der Waals surface area (Å²) < 4.78 is 5.66. The van der Waals surface area contributed by atoms with Crippen molar-refractivity contribution in [2.24, 2.45) is 0 Å². The highest BCUT2D eigenvalue weighted by Crippen LogP contribution is 2.38. The van der Waals surface area contributed by atoms with Crippen molar-refractivity contribution in [1.29, 1.82) is 0 Å². The second kappa shape index (κ2) is 5.88. The third kappa shape index (κ3) is 2.88. The van der Waals surface area contributed by atoms with Crippen molar-refractivity contribution >= 4 is 29.0 Å². The van der Waals surface area contributed by atoms with Crippen LogP contribution in [-0.2, 0) is 0 Å². The van der Waals surface area contributed by atoms with Crippen LogP contribution in [0.4, 0.5) is 0 Å². The van der Waals surface area contributed by atoms with Gasteiger partial charge >= 0.3 is 0 Å². The SMILES string of the molecule is CC(S)Oc1ccc2cc(C3=CC4CCC(C3)N4C)ccc2c1. The fourth-order valence-electron chi connectivity index (χ4n) is 3.95. The zero-order valence-electron chi connectivity index (χ0n) is 13.7. The molecule has 2 nitrogen and oxygen atoms in total. The van der Waals surface area contributed by atoms with Gasteiger partial charge in [-0.2, -0.15) is 0 Å². The minimum atomic E-state index is -0.0911. The molecule has 2 aromatic carbocycles. The number of benzene rings is 2. The molecule has 2 bridgehead atoms. The number of hydrogen-bond donors (Lipinski definition) is 1. The summed E-state index contributed by atoms with van der Waals surface area (Å²) in [6.45, 7) is 1.93. The first-order chi connectivity index (χ1) is 11.1. The quantitative estimate of drug-likeness (QED) is 0.646. The molecule has 23 heavy (non-hydrogen) atoms. The van der Waals surface area contributed by atoms with Crippen LogP contribution in [0, 0.1) is 0 Å². The molecular weight excluding hydrogens is 302 g/mol. The van der Waals surface area contributed by atoms with Crippen LogP contribution in [0.2, 0.25) is 0 Å². The maximum absolute atomic E-state index is 5.66. The number of likely N-dealkylation sites (N-methyl/N-ethyl adjacent to an activating group) is 1. The zero-order chi connectivity index (χ0) is 16.0. The van der Waals surface area contributed by atoms with E-state index in [0.29, 0.717) is 6.04 Å². The lowest BCUT2D eigenvalue weighted by atomic mass is 9.93. The fraction of sp³-hybridized carbons (Fsp3) is 0.400. The molecule has 0 aromatic heterocycles. The second-order valence-electron chi connectivity index (χ2n) is 6.80. The molecule has 0 aliphatic carbocycles. The lowest BCUT2D eigenvalue weighted by Crippen LogP contribution is -2.34. The van der Waals surface area contributed by atoms with Crippen LogP contribution in [0.1, 0.15) is 31.7 Å². The van der Waals surface area contributed by atoms with Gasteiger partial charge in [-0.15, -0.1) is 12.6 Å². The first kappa shape index (κ1) is 15.1. The van der Waals surface area contributed by atoms with Crippen LogP contribution >= 0.6 is 12.6 Å². The van der Waals surface area contributed by atoms with E-state index in [-0.39, 0.29) is 5.44 Å². The lowest BCUT2D eigenvalue weighted by molar-refractivity contribution is 0.264. The third-order valence-electron chi connectivity index (χ3n) is 5.23. The van der Waals surface area contributed by atoms with Crippen molar-refractivity contribution in [3.63, 3.8) is 0 Å². The van der Waals surface area contributed by atoms with Gasteiger partial charge in [-0.1, -0.05) is 24.3 Å². The minimum Gasteiger partial charge on any atom is -0.480 e. The summed E-state index contributed by atoms with van der Waals surface area (Å²) >= 11 is 4.29. The third-order valence-corrected chi connectivity index (χ3v) is 5.34. The molecule has 0 N–H and O–H groups in total. The van der Waals surface area contributed by atoms with Gasteiger partial charge in [0.25, 0.3) is 0 Å². The van der Waals surface area contributed by atoms with Gasteiger partial charge in [0.2, 0.25) is 0 Å². The number of fused-ring (bicyclic) bond motifs is 3. The van der Waals surface area contributed by atoms with Gasteiger partial charge in [0.1, 0.15) is 11.2 Å². The number of ether oxygens (including phenoxy) is 1. The Hall–Kier alpha value is -1.45. The lowest BCUT2D eigenvalue weighted by Gasteiger charge is -2.30. The molecular formula is C20H23NOS. The number of rotatable bonds is 3. The van der Waals surface area contributed by atoms with Gasteiger partial charge in [0, 0.05) is 12.1 Å². The van der Waals surface area contributed by atoms with Gasteiger partial charge < -0.3 is 4.74 Å². The Morgan fingerprint density at radius 2 is 1.91 bits per heavy atom. The van der Waals surface area contributed by atoms with Crippen molar-refractivity contribution in [1.82, 2.24) is 4.90 Å². The smallest absolute Gasteiger partial charge is 0.138 e. The predicted octanol–water partition coefficient (Wildman–Crippen LogP) is 4.74. The highest BCUT2D eigenvalue weighted by molar-refractivity contribution is 7.80. The van der Waals surface area contributed by atoms with E-state index in [9.17, 15) is 0 Å². The monoisotopic (exact) mass is 325 g/mol. The van der Waals surface area contributed by atoms with E-state index in [2.05, 4.69) is 61.0 Å². The molecule has 0 radical (unpaired) electrons. The molecule has 1 saturated heterocycles. The Morgan fingerprint density at radius 3 is 2.70 bits per heavy atom. The summed E-state index contributed by atoms with van der Waals surface area (Å²) in [7, 11) is 2.26. The summed E-state index contributed by atoms with van der Waals surface area (Å²) in [4.78, 5) is 2.53. The molecule has 3 heteroatoms. The standard InChI is InChI=1S/C20H23NOS/c1-13(23)22-20-8-5-14-9-15(3-4-16(14)12-20)17-10-18-6-7-19(11-17)21(18)2/h3-5,8-10,12-13,18-19,23H,6-7,11H2,1-2H3. The van der Waals surface area contributed by atoms with Crippen LogP contribution in [0.3, 0.4) is 0 Å².